The van der Waals surface area contributed by atoms with Gasteiger partial charge in [0.15, 0.2) is 0 Å². The van der Waals surface area contributed by atoms with Gasteiger partial charge in [-0.15, -0.1) is 0 Å². The van der Waals surface area contributed by atoms with Crippen LogP contribution in [0.3, 0.4) is 0 Å². The summed E-state index contributed by atoms with van der Waals surface area (Å²) in [4.78, 5) is 11.5. The van der Waals surface area contributed by atoms with Gasteiger partial charge in [0, 0.05) is 7.11 Å². The number of aliphatic hydroxyl groups excluding tert-OH is 1. The van der Waals surface area contributed by atoms with Crippen molar-refractivity contribution in [2.75, 3.05) is 14.2 Å². The van der Waals surface area contributed by atoms with E-state index < -0.39 is 18.1 Å². The predicted octanol–water partition coefficient (Wildman–Crippen LogP) is -0.0402. The van der Waals surface area contributed by atoms with Crippen LogP contribution in [0.15, 0.2) is 24.3 Å². The fourth-order valence-electron chi connectivity index (χ4n) is 1.77. The molecule has 6 heteroatoms. The predicted molar refractivity (Wildman–Crippen MR) is 64.9 cm³/mol. The molecule has 0 saturated carbocycles. The monoisotopic (exact) mass is 254 g/mol. The molecule has 1 amide bonds. The molecule has 0 fully saturated rings. The van der Waals surface area contributed by atoms with Gasteiger partial charge in [0.2, 0.25) is 0 Å². The molecule has 0 bridgehead atoms. The third-order valence-corrected chi connectivity index (χ3v) is 2.75. The Bertz CT molecular complexity index is 380. The summed E-state index contributed by atoms with van der Waals surface area (Å²) in [5.41, 5.74) is 3.16. The SMILES string of the molecule is CNC(C(=O)NO)C(OC)c1ccc(CO)cc1. The van der Waals surface area contributed by atoms with Crippen molar-refractivity contribution in [1.29, 1.82) is 0 Å². The summed E-state index contributed by atoms with van der Waals surface area (Å²) < 4.78 is 5.29. The van der Waals surface area contributed by atoms with Crippen LogP contribution in [-0.2, 0) is 16.1 Å². The highest BCUT2D eigenvalue weighted by molar-refractivity contribution is 5.81. The first-order valence-electron chi connectivity index (χ1n) is 5.51. The van der Waals surface area contributed by atoms with Gasteiger partial charge in [-0.25, -0.2) is 5.48 Å². The van der Waals surface area contributed by atoms with Crippen molar-refractivity contribution in [1.82, 2.24) is 10.8 Å². The molecule has 2 atom stereocenters. The van der Waals surface area contributed by atoms with Gasteiger partial charge in [-0.3, -0.25) is 10.0 Å². The summed E-state index contributed by atoms with van der Waals surface area (Å²) in [6, 6.07) is 6.35. The zero-order valence-corrected chi connectivity index (χ0v) is 10.4. The number of hydrogen-bond acceptors (Lipinski definition) is 5. The molecule has 0 radical (unpaired) electrons. The van der Waals surface area contributed by atoms with E-state index in [1.807, 2.05) is 0 Å². The highest BCUT2D eigenvalue weighted by Crippen LogP contribution is 2.21. The van der Waals surface area contributed by atoms with E-state index in [1.54, 1.807) is 36.8 Å². The molecule has 0 aliphatic heterocycles. The van der Waals surface area contributed by atoms with Gasteiger partial charge < -0.3 is 15.2 Å². The molecule has 0 aliphatic rings. The molecule has 100 valence electrons. The smallest absolute Gasteiger partial charge is 0.263 e. The summed E-state index contributed by atoms with van der Waals surface area (Å²) in [6.45, 7) is -0.0372. The maximum absolute atomic E-state index is 11.5. The van der Waals surface area contributed by atoms with Gasteiger partial charge in [0.25, 0.3) is 5.91 Å². The Morgan fingerprint density at radius 3 is 2.39 bits per heavy atom. The molecule has 2 unspecified atom stereocenters. The molecular weight excluding hydrogens is 236 g/mol. The average molecular weight is 254 g/mol. The number of hydrogen-bond donors (Lipinski definition) is 4. The molecule has 0 heterocycles. The van der Waals surface area contributed by atoms with Crippen molar-refractivity contribution in [3.63, 3.8) is 0 Å². The number of carbonyl (C=O) groups excluding carboxylic acids is 1. The standard InChI is InChI=1S/C12H18N2O4/c1-13-10(12(16)14-17)11(18-2)9-5-3-8(7-15)4-6-9/h3-6,10-11,13,15,17H,7H2,1-2H3,(H,14,16). The van der Waals surface area contributed by atoms with E-state index in [0.29, 0.717) is 0 Å². The van der Waals surface area contributed by atoms with Gasteiger partial charge in [0.1, 0.15) is 12.1 Å². The molecule has 1 aromatic rings. The van der Waals surface area contributed by atoms with Crippen molar-refractivity contribution >= 4 is 5.91 Å². The maximum Gasteiger partial charge on any atom is 0.263 e. The quantitative estimate of drug-likeness (QED) is 0.422. The molecule has 0 spiro atoms. The second-order valence-electron chi connectivity index (χ2n) is 3.80. The summed E-state index contributed by atoms with van der Waals surface area (Å²) in [7, 11) is 3.09. The molecule has 0 aliphatic carbocycles. The van der Waals surface area contributed by atoms with Gasteiger partial charge >= 0.3 is 0 Å². The number of aliphatic hydroxyl groups is 1. The highest BCUT2D eigenvalue weighted by atomic mass is 16.5. The Labute approximate surface area is 106 Å². The number of ether oxygens (including phenoxy) is 1. The van der Waals surface area contributed by atoms with Crippen LogP contribution in [0, 0.1) is 0 Å². The van der Waals surface area contributed by atoms with E-state index in [4.69, 9.17) is 15.1 Å². The van der Waals surface area contributed by atoms with Gasteiger partial charge in [-0.2, -0.15) is 0 Å². The Kier molecular flexibility index (Phi) is 5.73. The van der Waals surface area contributed by atoms with E-state index >= 15 is 0 Å². The van der Waals surface area contributed by atoms with Crippen molar-refractivity contribution < 1.29 is 19.8 Å². The molecule has 4 N–H and O–H groups in total. The van der Waals surface area contributed by atoms with Crippen LogP contribution in [0.1, 0.15) is 17.2 Å². The highest BCUT2D eigenvalue weighted by Gasteiger charge is 2.28. The Morgan fingerprint density at radius 1 is 1.39 bits per heavy atom. The van der Waals surface area contributed by atoms with Crippen LogP contribution in [-0.4, -0.2) is 36.4 Å². The summed E-state index contributed by atoms with van der Waals surface area (Å²) in [5.74, 6) is -0.574. The van der Waals surface area contributed by atoms with Crippen LogP contribution in [0.25, 0.3) is 0 Å². The number of likely N-dealkylation sites (N-methyl/N-ethyl adjacent to an activating group) is 1. The van der Waals surface area contributed by atoms with Crippen molar-refractivity contribution in [2.45, 2.75) is 18.8 Å². The third-order valence-electron chi connectivity index (χ3n) is 2.75. The molecular formula is C12H18N2O4. The minimum absolute atomic E-state index is 0.0372. The van der Waals surface area contributed by atoms with Crippen LogP contribution in [0.4, 0.5) is 0 Å². The lowest BCUT2D eigenvalue weighted by Crippen LogP contribution is -2.46. The Balaban J connectivity index is 2.95. The molecule has 1 aromatic carbocycles. The van der Waals surface area contributed by atoms with Gasteiger partial charge in [0.05, 0.1) is 6.61 Å². The lowest BCUT2D eigenvalue weighted by atomic mass is 10.0. The van der Waals surface area contributed by atoms with Gasteiger partial charge in [-0.1, -0.05) is 24.3 Å². The van der Waals surface area contributed by atoms with E-state index in [0.717, 1.165) is 11.1 Å². The van der Waals surface area contributed by atoms with Crippen molar-refractivity contribution in [3.8, 4) is 0 Å². The van der Waals surface area contributed by atoms with E-state index in [9.17, 15) is 4.79 Å². The first kappa shape index (κ1) is 14.6. The summed E-state index contributed by atoms with van der Waals surface area (Å²) in [6.07, 6.45) is -0.533. The maximum atomic E-state index is 11.5. The van der Waals surface area contributed by atoms with E-state index in [1.165, 1.54) is 7.11 Å². The number of hydroxylamine groups is 1. The fraction of sp³-hybridized carbons (Fsp3) is 0.417. The second-order valence-corrected chi connectivity index (χ2v) is 3.80. The summed E-state index contributed by atoms with van der Waals surface area (Å²) in [5, 5.41) is 20.4. The number of benzene rings is 1. The minimum atomic E-state index is -0.708. The Hall–Kier alpha value is -1.47. The number of methoxy groups -OCH3 is 1. The molecule has 0 aromatic heterocycles. The Morgan fingerprint density at radius 2 is 2.00 bits per heavy atom. The normalized spacial score (nSPS) is 14.0. The zero-order chi connectivity index (χ0) is 13.5. The fourth-order valence-corrected chi connectivity index (χ4v) is 1.77. The molecule has 0 saturated heterocycles. The first-order chi connectivity index (χ1) is 8.67. The molecule has 18 heavy (non-hydrogen) atoms. The topological polar surface area (TPSA) is 90.8 Å². The van der Waals surface area contributed by atoms with Gasteiger partial charge in [-0.05, 0) is 18.2 Å². The number of amides is 1. The first-order valence-corrected chi connectivity index (χ1v) is 5.51. The van der Waals surface area contributed by atoms with E-state index in [2.05, 4.69) is 5.32 Å². The molecule has 1 rings (SSSR count). The van der Waals surface area contributed by atoms with Crippen LogP contribution in [0.2, 0.25) is 0 Å². The average Bonchev–Trinajstić information content (AvgIpc) is 2.44. The third kappa shape index (κ3) is 3.27. The number of nitrogens with one attached hydrogen (secondary N) is 2. The summed E-state index contributed by atoms with van der Waals surface area (Å²) >= 11 is 0. The molecule has 6 nitrogen and oxygen atoms in total. The minimum Gasteiger partial charge on any atom is -0.392 e. The number of rotatable bonds is 6. The largest absolute Gasteiger partial charge is 0.392 e. The van der Waals surface area contributed by atoms with Crippen LogP contribution < -0.4 is 10.8 Å². The van der Waals surface area contributed by atoms with Crippen LogP contribution in [0.5, 0.6) is 0 Å². The van der Waals surface area contributed by atoms with E-state index in [-0.39, 0.29) is 6.61 Å². The lowest BCUT2D eigenvalue weighted by molar-refractivity contribution is -0.134. The number of carbonyl (C=O) groups is 1. The lowest BCUT2D eigenvalue weighted by Gasteiger charge is -2.24. The van der Waals surface area contributed by atoms with Crippen LogP contribution >= 0.6 is 0 Å². The zero-order valence-electron chi connectivity index (χ0n) is 10.4. The van der Waals surface area contributed by atoms with Crippen molar-refractivity contribution in [2.24, 2.45) is 0 Å². The van der Waals surface area contributed by atoms with Crippen molar-refractivity contribution in [3.05, 3.63) is 35.4 Å². The second kappa shape index (κ2) is 7.07.